The number of amides is 1. The molecule has 7 heteroatoms. The van der Waals surface area contributed by atoms with Crippen LogP contribution in [0.25, 0.3) is 11.0 Å². The SMILES string of the molecule is C[C@H](OC(=O)c1cc2ccccc2o1)C(=O)Nc1cc(Cl)cc(Cl)c1. The summed E-state index contributed by atoms with van der Waals surface area (Å²) in [7, 11) is 0. The molecule has 2 aromatic carbocycles. The summed E-state index contributed by atoms with van der Waals surface area (Å²) in [6.45, 7) is 1.46. The average Bonchev–Trinajstić information content (AvgIpc) is 2.97. The Labute approximate surface area is 153 Å². The van der Waals surface area contributed by atoms with E-state index in [1.807, 2.05) is 12.1 Å². The highest BCUT2D eigenvalue weighted by Gasteiger charge is 2.21. The van der Waals surface area contributed by atoms with Crippen molar-refractivity contribution in [1.82, 2.24) is 0 Å². The Morgan fingerprint density at radius 1 is 1.08 bits per heavy atom. The third kappa shape index (κ3) is 4.13. The van der Waals surface area contributed by atoms with Crippen molar-refractivity contribution in [2.75, 3.05) is 5.32 Å². The van der Waals surface area contributed by atoms with Gasteiger partial charge in [-0.3, -0.25) is 4.79 Å². The lowest BCUT2D eigenvalue weighted by molar-refractivity contribution is -0.123. The van der Waals surface area contributed by atoms with Gasteiger partial charge in [-0.15, -0.1) is 0 Å². The summed E-state index contributed by atoms with van der Waals surface area (Å²) in [6.07, 6.45) is -1.03. The Bertz CT molecular complexity index is 898. The first kappa shape index (κ1) is 17.3. The second kappa shape index (κ2) is 7.17. The second-order valence-electron chi connectivity index (χ2n) is 5.34. The standard InChI is InChI=1S/C18H13Cl2NO4/c1-10(17(22)21-14-8-12(19)7-13(20)9-14)24-18(23)16-6-11-4-2-3-5-15(11)25-16/h2-10H,1H3,(H,21,22)/t10-/m0/s1. The monoisotopic (exact) mass is 377 g/mol. The van der Waals surface area contributed by atoms with E-state index in [1.54, 1.807) is 36.4 Å². The molecule has 0 bridgehead atoms. The Balaban J connectivity index is 1.67. The van der Waals surface area contributed by atoms with Gasteiger partial charge in [0.15, 0.2) is 6.10 Å². The summed E-state index contributed by atoms with van der Waals surface area (Å²) in [4.78, 5) is 24.3. The van der Waals surface area contributed by atoms with Crippen LogP contribution < -0.4 is 5.32 Å². The summed E-state index contributed by atoms with van der Waals surface area (Å²) in [5.41, 5.74) is 0.981. The number of hydrogen-bond donors (Lipinski definition) is 1. The van der Waals surface area contributed by atoms with Gasteiger partial charge in [0.05, 0.1) is 0 Å². The molecule has 0 radical (unpaired) electrons. The second-order valence-corrected chi connectivity index (χ2v) is 6.22. The van der Waals surface area contributed by atoms with Crippen LogP contribution >= 0.6 is 23.2 Å². The van der Waals surface area contributed by atoms with E-state index in [-0.39, 0.29) is 5.76 Å². The zero-order valence-corrected chi connectivity index (χ0v) is 14.6. The fourth-order valence-electron chi connectivity index (χ4n) is 2.22. The van der Waals surface area contributed by atoms with Crippen molar-refractivity contribution in [2.24, 2.45) is 0 Å². The minimum absolute atomic E-state index is 0.0339. The number of anilines is 1. The molecule has 0 saturated carbocycles. The van der Waals surface area contributed by atoms with Gasteiger partial charge in [-0.25, -0.2) is 4.79 Å². The molecule has 0 aliphatic carbocycles. The first-order valence-corrected chi connectivity index (χ1v) is 8.14. The van der Waals surface area contributed by atoms with E-state index in [0.717, 1.165) is 5.39 Å². The maximum atomic E-state index is 12.2. The van der Waals surface area contributed by atoms with E-state index in [4.69, 9.17) is 32.4 Å². The van der Waals surface area contributed by atoms with Gasteiger partial charge in [0.2, 0.25) is 5.76 Å². The van der Waals surface area contributed by atoms with Gasteiger partial charge in [-0.05, 0) is 37.3 Å². The van der Waals surface area contributed by atoms with Gasteiger partial charge in [-0.2, -0.15) is 0 Å². The van der Waals surface area contributed by atoms with E-state index < -0.39 is 18.0 Å². The van der Waals surface area contributed by atoms with E-state index >= 15 is 0 Å². The first-order chi connectivity index (χ1) is 11.9. The molecular weight excluding hydrogens is 365 g/mol. The molecule has 0 fully saturated rings. The molecule has 5 nitrogen and oxygen atoms in total. The van der Waals surface area contributed by atoms with Gasteiger partial charge < -0.3 is 14.5 Å². The van der Waals surface area contributed by atoms with Crippen LogP contribution in [0.15, 0.2) is 52.9 Å². The van der Waals surface area contributed by atoms with Crippen LogP contribution in [-0.2, 0) is 9.53 Å². The zero-order chi connectivity index (χ0) is 18.0. The van der Waals surface area contributed by atoms with E-state index in [9.17, 15) is 9.59 Å². The van der Waals surface area contributed by atoms with E-state index in [2.05, 4.69) is 5.32 Å². The van der Waals surface area contributed by atoms with Crippen molar-refractivity contribution in [1.29, 1.82) is 0 Å². The number of furan rings is 1. The number of fused-ring (bicyclic) bond motifs is 1. The van der Waals surface area contributed by atoms with Crippen LogP contribution in [0, 0.1) is 0 Å². The maximum absolute atomic E-state index is 12.2. The van der Waals surface area contributed by atoms with Crippen LogP contribution in [0.1, 0.15) is 17.5 Å². The molecule has 128 valence electrons. The smallest absolute Gasteiger partial charge is 0.375 e. The van der Waals surface area contributed by atoms with Gasteiger partial charge in [-0.1, -0.05) is 41.4 Å². The number of esters is 1. The molecule has 25 heavy (non-hydrogen) atoms. The molecule has 0 unspecified atom stereocenters. The summed E-state index contributed by atoms with van der Waals surface area (Å²) < 4.78 is 10.6. The molecule has 0 saturated heterocycles. The fraction of sp³-hybridized carbons (Fsp3) is 0.111. The third-order valence-corrected chi connectivity index (χ3v) is 3.85. The summed E-state index contributed by atoms with van der Waals surface area (Å²) in [5.74, 6) is -1.20. The summed E-state index contributed by atoms with van der Waals surface area (Å²) in [6, 6.07) is 13.4. The molecule has 3 aromatic rings. The van der Waals surface area contributed by atoms with Crippen LogP contribution in [-0.4, -0.2) is 18.0 Å². The predicted molar refractivity (Wildman–Crippen MR) is 96.2 cm³/mol. The van der Waals surface area contributed by atoms with Crippen molar-refractivity contribution < 1.29 is 18.7 Å². The number of rotatable bonds is 4. The average molecular weight is 378 g/mol. The lowest BCUT2D eigenvalue weighted by Gasteiger charge is -2.13. The third-order valence-electron chi connectivity index (χ3n) is 3.41. The normalized spacial score (nSPS) is 12.0. The van der Waals surface area contributed by atoms with Crippen LogP contribution in [0.2, 0.25) is 10.0 Å². The lowest BCUT2D eigenvalue weighted by atomic mass is 10.2. The van der Waals surface area contributed by atoms with Gasteiger partial charge in [0, 0.05) is 21.1 Å². The van der Waals surface area contributed by atoms with Crippen LogP contribution in [0.4, 0.5) is 5.69 Å². The Hall–Kier alpha value is -2.50. The predicted octanol–water partition coefficient (Wildman–Crippen LogP) is 4.92. The highest BCUT2D eigenvalue weighted by molar-refractivity contribution is 6.35. The van der Waals surface area contributed by atoms with Gasteiger partial charge in [0.25, 0.3) is 5.91 Å². The molecule has 1 N–H and O–H groups in total. The van der Waals surface area contributed by atoms with Crippen LogP contribution in [0.5, 0.6) is 0 Å². The molecule has 3 rings (SSSR count). The molecule has 0 aliphatic rings. The first-order valence-electron chi connectivity index (χ1n) is 7.39. The highest BCUT2D eigenvalue weighted by atomic mass is 35.5. The quantitative estimate of drug-likeness (QED) is 0.654. The Morgan fingerprint density at radius 2 is 1.76 bits per heavy atom. The number of halogens is 2. The zero-order valence-electron chi connectivity index (χ0n) is 13.1. The van der Waals surface area contributed by atoms with Gasteiger partial charge in [0.1, 0.15) is 5.58 Å². The highest BCUT2D eigenvalue weighted by Crippen LogP contribution is 2.23. The summed E-state index contributed by atoms with van der Waals surface area (Å²) in [5, 5.41) is 4.14. The molecule has 1 aromatic heterocycles. The van der Waals surface area contributed by atoms with Crippen molar-refractivity contribution >= 4 is 51.7 Å². The molecule has 1 atom stereocenters. The van der Waals surface area contributed by atoms with Gasteiger partial charge >= 0.3 is 5.97 Å². The molecular formula is C18H13Cl2NO4. The number of carbonyl (C=O) groups is 2. The number of hydrogen-bond acceptors (Lipinski definition) is 4. The van der Waals surface area contributed by atoms with E-state index in [0.29, 0.717) is 21.3 Å². The minimum atomic E-state index is -1.03. The number of ether oxygens (including phenoxy) is 1. The number of nitrogens with one attached hydrogen (secondary N) is 1. The molecule has 1 heterocycles. The topological polar surface area (TPSA) is 68.5 Å². The van der Waals surface area contributed by atoms with Crippen molar-refractivity contribution in [3.05, 3.63) is 64.3 Å². The number of carbonyl (C=O) groups excluding carboxylic acids is 2. The maximum Gasteiger partial charge on any atom is 0.375 e. The largest absolute Gasteiger partial charge is 0.449 e. The van der Waals surface area contributed by atoms with Crippen molar-refractivity contribution in [3.63, 3.8) is 0 Å². The molecule has 1 amide bonds. The Kier molecular flexibility index (Phi) is 4.97. The lowest BCUT2D eigenvalue weighted by Crippen LogP contribution is -2.29. The van der Waals surface area contributed by atoms with E-state index in [1.165, 1.54) is 6.92 Å². The summed E-state index contributed by atoms with van der Waals surface area (Å²) >= 11 is 11.8. The van der Waals surface area contributed by atoms with Crippen molar-refractivity contribution in [3.8, 4) is 0 Å². The number of para-hydroxylation sites is 1. The molecule has 0 spiro atoms. The van der Waals surface area contributed by atoms with Crippen molar-refractivity contribution in [2.45, 2.75) is 13.0 Å². The minimum Gasteiger partial charge on any atom is -0.449 e. The Morgan fingerprint density at radius 3 is 2.44 bits per heavy atom. The molecule has 0 aliphatic heterocycles. The number of benzene rings is 2. The fourth-order valence-corrected chi connectivity index (χ4v) is 2.75. The van der Waals surface area contributed by atoms with Crippen LogP contribution in [0.3, 0.4) is 0 Å².